The summed E-state index contributed by atoms with van der Waals surface area (Å²) in [6.07, 6.45) is 5.19. The van der Waals surface area contributed by atoms with Crippen LogP contribution in [0.5, 0.6) is 0 Å². The molecule has 1 fully saturated rings. The van der Waals surface area contributed by atoms with Gasteiger partial charge in [0.05, 0.1) is 16.2 Å². The molecule has 1 saturated carbocycles. The highest BCUT2D eigenvalue weighted by molar-refractivity contribution is 8.00. The maximum atomic E-state index is 13.1. The van der Waals surface area contributed by atoms with E-state index in [1.54, 1.807) is 0 Å². The minimum atomic E-state index is -0.285. The first kappa shape index (κ1) is 18.0. The number of thioether (sulfide) groups is 1. The zero-order valence-corrected chi connectivity index (χ0v) is 15.6. The first-order valence-corrected chi connectivity index (χ1v) is 9.95. The Morgan fingerprint density at radius 2 is 2.08 bits per heavy atom. The second-order valence-electron chi connectivity index (χ2n) is 6.58. The fraction of sp³-hybridized carbons (Fsp3) is 0.526. The molecule has 1 aromatic heterocycles. The Labute approximate surface area is 152 Å². The highest BCUT2D eigenvalue weighted by Crippen LogP contribution is 2.33. The number of aromatic nitrogens is 2. The fourth-order valence-corrected chi connectivity index (χ4v) is 4.30. The van der Waals surface area contributed by atoms with E-state index in [4.69, 9.17) is 4.98 Å². The van der Waals surface area contributed by atoms with E-state index >= 15 is 0 Å². The molecular weight excluding hydrogens is 334 g/mol. The topological polar surface area (TPSA) is 64.0 Å². The van der Waals surface area contributed by atoms with Crippen molar-refractivity contribution in [3.05, 3.63) is 34.6 Å². The number of hydrogen-bond donors (Lipinski definition) is 1. The smallest absolute Gasteiger partial charge is 0.262 e. The van der Waals surface area contributed by atoms with Crippen molar-refractivity contribution in [2.24, 2.45) is 0 Å². The van der Waals surface area contributed by atoms with E-state index in [0.717, 1.165) is 32.1 Å². The number of benzene rings is 1. The van der Waals surface area contributed by atoms with Crippen molar-refractivity contribution in [3.63, 3.8) is 0 Å². The van der Waals surface area contributed by atoms with Crippen LogP contribution in [-0.2, 0) is 4.79 Å². The van der Waals surface area contributed by atoms with Gasteiger partial charge >= 0.3 is 0 Å². The summed E-state index contributed by atoms with van der Waals surface area (Å²) in [5.41, 5.74) is 0.714. The van der Waals surface area contributed by atoms with Gasteiger partial charge < -0.3 is 5.32 Å². The minimum Gasteiger partial charge on any atom is -0.355 e. The summed E-state index contributed by atoms with van der Waals surface area (Å²) in [6, 6.07) is 7.65. The van der Waals surface area contributed by atoms with Crippen molar-refractivity contribution in [1.82, 2.24) is 14.9 Å². The molecule has 1 amide bonds. The predicted molar refractivity (Wildman–Crippen MR) is 102 cm³/mol. The first-order valence-electron chi connectivity index (χ1n) is 9.07. The number of fused-ring (bicyclic) bond motifs is 1. The van der Waals surface area contributed by atoms with Crippen LogP contribution in [0.3, 0.4) is 0 Å². The van der Waals surface area contributed by atoms with E-state index in [1.165, 1.54) is 11.8 Å². The zero-order valence-electron chi connectivity index (χ0n) is 14.8. The van der Waals surface area contributed by atoms with Crippen molar-refractivity contribution in [1.29, 1.82) is 0 Å². The summed E-state index contributed by atoms with van der Waals surface area (Å²) in [6.45, 7) is 4.57. The standard InChI is InChI=1S/C19H25N3O2S/c1-3-12-20-17(23)13(2)25-19-21-16-11-7-6-10-15(16)18(24)22(19)14-8-4-5-9-14/h6-7,10-11,13-14H,3-5,8-9,12H2,1-2H3,(H,20,23). The predicted octanol–water partition coefficient (Wildman–Crippen LogP) is 3.52. The third kappa shape index (κ3) is 3.89. The van der Waals surface area contributed by atoms with Gasteiger partial charge in [-0.2, -0.15) is 0 Å². The van der Waals surface area contributed by atoms with E-state index in [0.29, 0.717) is 22.6 Å². The van der Waals surface area contributed by atoms with Gasteiger partial charge in [0.15, 0.2) is 5.16 Å². The van der Waals surface area contributed by atoms with Crippen LogP contribution in [0, 0.1) is 0 Å². The summed E-state index contributed by atoms with van der Waals surface area (Å²) in [5, 5.41) is 3.95. The van der Waals surface area contributed by atoms with E-state index < -0.39 is 0 Å². The second-order valence-corrected chi connectivity index (χ2v) is 7.88. The van der Waals surface area contributed by atoms with Gasteiger partial charge in [-0.3, -0.25) is 14.2 Å². The van der Waals surface area contributed by atoms with Gasteiger partial charge in [0.2, 0.25) is 5.91 Å². The number of carbonyl (C=O) groups is 1. The average Bonchev–Trinajstić information content (AvgIpc) is 3.14. The summed E-state index contributed by atoms with van der Waals surface area (Å²) in [5.74, 6) is -0.00719. The first-order chi connectivity index (χ1) is 12.1. The van der Waals surface area contributed by atoms with Gasteiger partial charge in [-0.1, -0.05) is 43.7 Å². The third-order valence-electron chi connectivity index (χ3n) is 4.67. The van der Waals surface area contributed by atoms with E-state index in [2.05, 4.69) is 5.32 Å². The molecule has 0 saturated heterocycles. The van der Waals surface area contributed by atoms with Crippen LogP contribution in [0.25, 0.3) is 10.9 Å². The molecule has 0 spiro atoms. The van der Waals surface area contributed by atoms with Crippen molar-refractivity contribution < 1.29 is 4.79 Å². The number of nitrogens with zero attached hydrogens (tertiary/aromatic N) is 2. The molecule has 1 aliphatic rings. The van der Waals surface area contributed by atoms with Crippen molar-refractivity contribution in [3.8, 4) is 0 Å². The molecule has 6 heteroatoms. The number of rotatable bonds is 6. The molecular formula is C19H25N3O2S. The molecule has 1 aromatic carbocycles. The van der Waals surface area contributed by atoms with Gasteiger partial charge in [-0.15, -0.1) is 0 Å². The minimum absolute atomic E-state index is 0.00719. The molecule has 0 aliphatic heterocycles. The van der Waals surface area contributed by atoms with Crippen LogP contribution in [0.15, 0.2) is 34.2 Å². The van der Waals surface area contributed by atoms with Crippen molar-refractivity contribution in [2.75, 3.05) is 6.54 Å². The van der Waals surface area contributed by atoms with Crippen LogP contribution >= 0.6 is 11.8 Å². The fourth-order valence-electron chi connectivity index (χ4n) is 3.30. The molecule has 0 radical (unpaired) electrons. The molecule has 25 heavy (non-hydrogen) atoms. The lowest BCUT2D eigenvalue weighted by Crippen LogP contribution is -2.33. The van der Waals surface area contributed by atoms with E-state index in [-0.39, 0.29) is 22.8 Å². The Hall–Kier alpha value is -1.82. The molecule has 1 heterocycles. The van der Waals surface area contributed by atoms with Crippen molar-refractivity contribution in [2.45, 2.75) is 62.4 Å². The van der Waals surface area contributed by atoms with Crippen LogP contribution in [0.4, 0.5) is 0 Å². The van der Waals surface area contributed by atoms with Crippen molar-refractivity contribution >= 4 is 28.6 Å². The van der Waals surface area contributed by atoms with Gasteiger partial charge in [0.1, 0.15) is 0 Å². The summed E-state index contributed by atoms with van der Waals surface area (Å²) < 4.78 is 1.84. The number of amides is 1. The summed E-state index contributed by atoms with van der Waals surface area (Å²) in [4.78, 5) is 30.0. The number of carbonyl (C=O) groups excluding carboxylic acids is 1. The lowest BCUT2D eigenvalue weighted by molar-refractivity contribution is -0.120. The summed E-state index contributed by atoms with van der Waals surface area (Å²) in [7, 11) is 0. The molecule has 1 N–H and O–H groups in total. The molecule has 134 valence electrons. The third-order valence-corrected chi connectivity index (χ3v) is 5.73. The number of hydrogen-bond acceptors (Lipinski definition) is 4. The van der Waals surface area contributed by atoms with Crippen LogP contribution in [-0.4, -0.2) is 27.3 Å². The highest BCUT2D eigenvalue weighted by atomic mass is 32.2. The number of para-hydroxylation sites is 1. The highest BCUT2D eigenvalue weighted by Gasteiger charge is 2.25. The molecule has 0 bridgehead atoms. The van der Waals surface area contributed by atoms with Crippen LogP contribution < -0.4 is 10.9 Å². The Morgan fingerprint density at radius 3 is 2.80 bits per heavy atom. The molecule has 5 nitrogen and oxygen atoms in total. The van der Waals surface area contributed by atoms with Gasteiger partial charge in [0, 0.05) is 12.6 Å². The Morgan fingerprint density at radius 1 is 1.36 bits per heavy atom. The average molecular weight is 359 g/mol. The number of nitrogens with one attached hydrogen (secondary N) is 1. The molecule has 1 aliphatic carbocycles. The maximum absolute atomic E-state index is 13.1. The van der Waals surface area contributed by atoms with Gasteiger partial charge in [-0.05, 0) is 38.3 Å². The SMILES string of the molecule is CCCNC(=O)C(C)Sc1nc2ccccc2c(=O)n1C1CCCC1. The molecule has 1 atom stereocenters. The lowest BCUT2D eigenvalue weighted by atomic mass is 10.2. The summed E-state index contributed by atoms with van der Waals surface area (Å²) >= 11 is 1.38. The van der Waals surface area contributed by atoms with E-state index in [1.807, 2.05) is 42.7 Å². The lowest BCUT2D eigenvalue weighted by Gasteiger charge is -2.20. The second kappa shape index (κ2) is 8.04. The maximum Gasteiger partial charge on any atom is 0.262 e. The Balaban J connectivity index is 1.98. The molecule has 3 rings (SSSR count). The van der Waals surface area contributed by atoms with Gasteiger partial charge in [0.25, 0.3) is 5.56 Å². The largest absolute Gasteiger partial charge is 0.355 e. The Bertz CT molecular complexity index is 812. The molecule has 2 aromatic rings. The normalized spacial score (nSPS) is 16.2. The quantitative estimate of drug-likeness (QED) is 0.633. The zero-order chi connectivity index (χ0) is 17.8. The van der Waals surface area contributed by atoms with Gasteiger partial charge in [-0.25, -0.2) is 4.98 Å². The van der Waals surface area contributed by atoms with E-state index in [9.17, 15) is 9.59 Å². The van der Waals surface area contributed by atoms with Crippen LogP contribution in [0.1, 0.15) is 52.0 Å². The Kier molecular flexibility index (Phi) is 5.78. The molecule has 1 unspecified atom stereocenters. The van der Waals surface area contributed by atoms with Crippen LogP contribution in [0.2, 0.25) is 0 Å². The monoisotopic (exact) mass is 359 g/mol.